The van der Waals surface area contributed by atoms with Crippen LogP contribution in [0.2, 0.25) is 0 Å². The van der Waals surface area contributed by atoms with Gasteiger partial charge in [-0.25, -0.2) is 0 Å². The van der Waals surface area contributed by atoms with Crippen molar-refractivity contribution in [3.63, 3.8) is 0 Å². The number of carbonyl (C=O) groups is 1. The van der Waals surface area contributed by atoms with Gasteiger partial charge in [0.1, 0.15) is 5.88 Å². The van der Waals surface area contributed by atoms with E-state index in [1.807, 2.05) is 0 Å². The third kappa shape index (κ3) is 3.63. The van der Waals surface area contributed by atoms with Crippen molar-refractivity contribution in [3.05, 3.63) is 0 Å². The summed E-state index contributed by atoms with van der Waals surface area (Å²) in [5.74, 6) is 0.0185. The number of rotatable bonds is 4. The van der Waals surface area contributed by atoms with E-state index in [1.54, 1.807) is 0 Å². The highest BCUT2D eigenvalue weighted by Gasteiger charge is 2.30. The molecule has 0 heterocycles. The molecule has 0 bridgehead atoms. The van der Waals surface area contributed by atoms with E-state index in [0.717, 1.165) is 6.42 Å². The largest absolute Gasteiger partial charge is 0.351 e. The minimum absolute atomic E-state index is 0.0456. The first-order valence-corrected chi connectivity index (χ1v) is 6.67. The Bertz CT molecular complexity index is 233. The van der Waals surface area contributed by atoms with Crippen molar-refractivity contribution in [1.82, 2.24) is 10.2 Å². The van der Waals surface area contributed by atoms with Crippen LogP contribution in [0.25, 0.3) is 0 Å². The maximum Gasteiger partial charge on any atom is 0.235 e. The molecule has 94 valence electrons. The maximum atomic E-state index is 11.4. The Morgan fingerprint density at radius 2 is 2.06 bits per heavy atom. The monoisotopic (exact) mass is 246 g/mol. The Labute approximate surface area is 104 Å². The number of nitrogens with zero attached hydrogens (tertiary/aromatic N) is 1. The predicted molar refractivity (Wildman–Crippen MR) is 67.8 cm³/mol. The number of likely N-dealkylation sites (N-methyl/N-ethyl adjacent to an activating group) is 1. The molecule has 0 saturated heterocycles. The van der Waals surface area contributed by atoms with Gasteiger partial charge in [0.2, 0.25) is 5.91 Å². The standard InChI is InChI=1S/C12H23ClN2O/c1-9(2)15(3)11-7-5-4-6-10(11)14-12(16)8-13/h9-11H,4-8H2,1-3H3,(H,14,16)/t10-,11-/m1/s1. The quantitative estimate of drug-likeness (QED) is 0.770. The van der Waals surface area contributed by atoms with Gasteiger partial charge in [0.15, 0.2) is 0 Å². The molecule has 3 nitrogen and oxygen atoms in total. The van der Waals surface area contributed by atoms with Gasteiger partial charge in [0.05, 0.1) is 0 Å². The Morgan fingerprint density at radius 1 is 1.44 bits per heavy atom. The molecule has 1 aliphatic rings. The van der Waals surface area contributed by atoms with Crippen molar-refractivity contribution in [1.29, 1.82) is 0 Å². The summed E-state index contributed by atoms with van der Waals surface area (Å²) < 4.78 is 0. The van der Waals surface area contributed by atoms with Crippen LogP contribution in [0, 0.1) is 0 Å². The van der Waals surface area contributed by atoms with Crippen LogP contribution >= 0.6 is 11.6 Å². The summed E-state index contributed by atoms with van der Waals surface area (Å²) in [6.45, 7) is 4.38. The van der Waals surface area contributed by atoms with Crippen LogP contribution in [0.5, 0.6) is 0 Å². The van der Waals surface area contributed by atoms with Gasteiger partial charge in [-0.1, -0.05) is 12.8 Å². The summed E-state index contributed by atoms with van der Waals surface area (Å²) in [5, 5.41) is 3.04. The minimum Gasteiger partial charge on any atom is -0.351 e. The molecule has 16 heavy (non-hydrogen) atoms. The van der Waals surface area contributed by atoms with Gasteiger partial charge in [0.25, 0.3) is 0 Å². The lowest BCUT2D eigenvalue weighted by Gasteiger charge is -2.40. The first-order valence-electron chi connectivity index (χ1n) is 6.13. The molecule has 1 fully saturated rings. The molecular formula is C12H23ClN2O. The number of hydrogen-bond acceptors (Lipinski definition) is 2. The van der Waals surface area contributed by atoms with Gasteiger partial charge in [0, 0.05) is 18.1 Å². The number of halogens is 1. The Balaban J connectivity index is 2.59. The molecule has 1 N–H and O–H groups in total. The zero-order valence-electron chi connectivity index (χ0n) is 10.5. The molecule has 0 radical (unpaired) electrons. The minimum atomic E-state index is -0.0456. The Morgan fingerprint density at radius 3 is 2.62 bits per heavy atom. The van der Waals surface area contributed by atoms with Crippen LogP contribution in [0.1, 0.15) is 39.5 Å². The van der Waals surface area contributed by atoms with Gasteiger partial charge in [-0.3, -0.25) is 9.69 Å². The lowest BCUT2D eigenvalue weighted by atomic mass is 9.88. The van der Waals surface area contributed by atoms with Crippen LogP contribution in [0.4, 0.5) is 0 Å². The van der Waals surface area contributed by atoms with E-state index < -0.39 is 0 Å². The highest BCUT2D eigenvalue weighted by atomic mass is 35.5. The first-order chi connectivity index (χ1) is 7.56. The van der Waals surface area contributed by atoms with Crippen molar-refractivity contribution in [2.45, 2.75) is 57.7 Å². The molecule has 2 atom stereocenters. The summed E-state index contributed by atoms with van der Waals surface area (Å²) in [7, 11) is 2.14. The van der Waals surface area contributed by atoms with E-state index >= 15 is 0 Å². The molecule has 0 aromatic rings. The Hall–Kier alpha value is -0.280. The van der Waals surface area contributed by atoms with Crippen molar-refractivity contribution >= 4 is 17.5 Å². The van der Waals surface area contributed by atoms with Gasteiger partial charge in [-0.2, -0.15) is 0 Å². The molecule has 4 heteroatoms. The molecule has 0 aromatic carbocycles. The third-order valence-corrected chi connectivity index (χ3v) is 3.78. The van der Waals surface area contributed by atoms with Gasteiger partial charge in [-0.05, 0) is 33.7 Å². The molecule has 1 saturated carbocycles. The van der Waals surface area contributed by atoms with Crippen molar-refractivity contribution < 1.29 is 4.79 Å². The molecular weight excluding hydrogens is 224 g/mol. The summed E-state index contributed by atoms with van der Waals surface area (Å²) in [5.41, 5.74) is 0. The topological polar surface area (TPSA) is 32.3 Å². The fraction of sp³-hybridized carbons (Fsp3) is 0.917. The zero-order chi connectivity index (χ0) is 12.1. The highest BCUT2D eigenvalue weighted by Crippen LogP contribution is 2.23. The molecule has 0 aliphatic heterocycles. The van der Waals surface area contributed by atoms with E-state index in [4.69, 9.17) is 11.6 Å². The number of amides is 1. The molecule has 1 aliphatic carbocycles. The molecule has 1 rings (SSSR count). The normalized spacial score (nSPS) is 26.1. The third-order valence-electron chi connectivity index (χ3n) is 3.53. The van der Waals surface area contributed by atoms with Crippen molar-refractivity contribution in [2.75, 3.05) is 12.9 Å². The molecule has 0 unspecified atom stereocenters. The van der Waals surface area contributed by atoms with Crippen LogP contribution < -0.4 is 5.32 Å². The van der Waals surface area contributed by atoms with E-state index in [1.165, 1.54) is 19.3 Å². The van der Waals surface area contributed by atoms with E-state index in [-0.39, 0.29) is 17.8 Å². The average molecular weight is 247 g/mol. The maximum absolute atomic E-state index is 11.4. The highest BCUT2D eigenvalue weighted by molar-refractivity contribution is 6.27. The SMILES string of the molecule is CC(C)N(C)[C@@H]1CCCC[C@H]1NC(=O)CCl. The van der Waals surface area contributed by atoms with Crippen LogP contribution in [-0.4, -0.2) is 41.9 Å². The second-order valence-electron chi connectivity index (χ2n) is 4.92. The number of nitrogens with one attached hydrogen (secondary N) is 1. The van der Waals surface area contributed by atoms with Gasteiger partial charge >= 0.3 is 0 Å². The number of alkyl halides is 1. The van der Waals surface area contributed by atoms with Crippen LogP contribution in [-0.2, 0) is 4.79 Å². The molecule has 0 spiro atoms. The Kier molecular flexibility index (Phi) is 5.56. The molecule has 1 amide bonds. The number of carbonyl (C=O) groups excluding carboxylic acids is 1. The van der Waals surface area contributed by atoms with Crippen LogP contribution in [0.3, 0.4) is 0 Å². The second-order valence-corrected chi connectivity index (χ2v) is 5.19. The van der Waals surface area contributed by atoms with E-state index in [0.29, 0.717) is 12.1 Å². The van der Waals surface area contributed by atoms with Gasteiger partial charge < -0.3 is 5.32 Å². The summed E-state index contributed by atoms with van der Waals surface area (Å²) >= 11 is 5.54. The fourth-order valence-electron chi connectivity index (χ4n) is 2.40. The van der Waals surface area contributed by atoms with Crippen molar-refractivity contribution in [2.24, 2.45) is 0 Å². The summed E-state index contributed by atoms with van der Waals surface area (Å²) in [4.78, 5) is 13.7. The number of hydrogen-bond donors (Lipinski definition) is 1. The fourth-order valence-corrected chi connectivity index (χ4v) is 2.47. The van der Waals surface area contributed by atoms with Gasteiger partial charge in [-0.15, -0.1) is 11.6 Å². The predicted octanol–water partition coefficient (Wildman–Crippen LogP) is 1.99. The average Bonchev–Trinajstić information content (AvgIpc) is 2.28. The van der Waals surface area contributed by atoms with Crippen molar-refractivity contribution in [3.8, 4) is 0 Å². The van der Waals surface area contributed by atoms with E-state index in [2.05, 4.69) is 31.1 Å². The summed E-state index contributed by atoms with van der Waals surface area (Å²) in [6.07, 6.45) is 4.71. The zero-order valence-corrected chi connectivity index (χ0v) is 11.3. The second kappa shape index (κ2) is 6.45. The first kappa shape index (κ1) is 13.8. The lowest BCUT2D eigenvalue weighted by Crippen LogP contribution is -2.54. The van der Waals surface area contributed by atoms with Crippen LogP contribution in [0.15, 0.2) is 0 Å². The van der Waals surface area contributed by atoms with E-state index in [9.17, 15) is 4.79 Å². The lowest BCUT2D eigenvalue weighted by molar-refractivity contribution is -0.120. The smallest absolute Gasteiger partial charge is 0.235 e. The summed E-state index contributed by atoms with van der Waals surface area (Å²) in [6, 6.07) is 1.24. The molecule has 0 aromatic heterocycles.